The third-order valence-electron chi connectivity index (χ3n) is 4.39. The molecule has 1 heterocycles. The quantitative estimate of drug-likeness (QED) is 0.841. The lowest BCUT2D eigenvalue weighted by molar-refractivity contribution is -0.115. The van der Waals surface area contributed by atoms with E-state index in [4.69, 9.17) is 0 Å². The van der Waals surface area contributed by atoms with Crippen LogP contribution in [-0.2, 0) is 22.5 Å². The molecule has 0 aliphatic rings. The number of ether oxygens (including phenoxy) is 1. The topological polar surface area (TPSA) is 76.5 Å². The summed E-state index contributed by atoms with van der Waals surface area (Å²) in [6, 6.07) is 7.02. The maximum Gasteiger partial charge on any atom is 0.413 e. The van der Waals surface area contributed by atoms with E-state index in [0.717, 1.165) is 23.5 Å². The number of amides is 2. The fraction of sp³-hybridized carbons (Fsp3) is 0.450. The van der Waals surface area contributed by atoms with E-state index in [2.05, 4.69) is 29.0 Å². The van der Waals surface area contributed by atoms with Crippen LogP contribution in [0.4, 0.5) is 16.2 Å². The lowest BCUT2D eigenvalue weighted by atomic mass is 10.1. The van der Waals surface area contributed by atoms with Crippen molar-refractivity contribution >= 4 is 23.4 Å². The number of methoxy groups -OCH3 is 1. The fourth-order valence-electron chi connectivity index (χ4n) is 2.89. The minimum absolute atomic E-state index is 0.0978. The van der Waals surface area contributed by atoms with Gasteiger partial charge in [-0.15, -0.1) is 0 Å². The van der Waals surface area contributed by atoms with Gasteiger partial charge in [0.1, 0.15) is 0 Å². The zero-order valence-electron chi connectivity index (χ0n) is 16.9. The predicted octanol–water partition coefficient (Wildman–Crippen LogP) is 3.54. The molecular formula is C20H28N4O3. The van der Waals surface area contributed by atoms with E-state index >= 15 is 0 Å². The average molecular weight is 372 g/mol. The highest BCUT2D eigenvalue weighted by molar-refractivity contribution is 5.93. The zero-order valence-corrected chi connectivity index (χ0v) is 16.9. The second-order valence-corrected chi connectivity index (χ2v) is 7.03. The van der Waals surface area contributed by atoms with Crippen LogP contribution in [-0.4, -0.2) is 35.9 Å². The summed E-state index contributed by atoms with van der Waals surface area (Å²) >= 11 is 0. The Morgan fingerprint density at radius 1 is 1.22 bits per heavy atom. The number of anilines is 2. The van der Waals surface area contributed by atoms with E-state index in [0.29, 0.717) is 17.3 Å². The predicted molar refractivity (Wildman–Crippen MR) is 106 cm³/mol. The van der Waals surface area contributed by atoms with Crippen LogP contribution >= 0.6 is 0 Å². The second kappa shape index (κ2) is 8.70. The molecule has 0 bridgehead atoms. The van der Waals surface area contributed by atoms with Crippen LogP contribution in [0.25, 0.3) is 0 Å². The summed E-state index contributed by atoms with van der Waals surface area (Å²) in [4.78, 5) is 25.4. The average Bonchev–Trinajstić information content (AvgIpc) is 2.87. The molecule has 0 saturated heterocycles. The Labute approximate surface area is 160 Å². The van der Waals surface area contributed by atoms with Gasteiger partial charge >= 0.3 is 6.09 Å². The number of hydrogen-bond acceptors (Lipinski definition) is 4. The molecular weight excluding hydrogens is 344 g/mol. The van der Waals surface area contributed by atoms with E-state index in [1.54, 1.807) is 31.3 Å². The third-order valence-corrected chi connectivity index (χ3v) is 4.39. The Morgan fingerprint density at radius 2 is 1.85 bits per heavy atom. The molecule has 146 valence electrons. The van der Waals surface area contributed by atoms with Crippen LogP contribution in [0.2, 0.25) is 0 Å². The minimum Gasteiger partial charge on any atom is -0.452 e. The van der Waals surface area contributed by atoms with Crippen molar-refractivity contribution < 1.29 is 14.3 Å². The fourth-order valence-corrected chi connectivity index (χ4v) is 2.89. The Hall–Kier alpha value is -2.83. The molecule has 7 nitrogen and oxygen atoms in total. The second-order valence-electron chi connectivity index (χ2n) is 7.03. The summed E-state index contributed by atoms with van der Waals surface area (Å²) in [7, 11) is 2.96. The first kappa shape index (κ1) is 20.5. The van der Waals surface area contributed by atoms with E-state index in [1.807, 2.05) is 18.5 Å². The molecule has 0 fully saturated rings. The van der Waals surface area contributed by atoms with Gasteiger partial charge in [0.05, 0.1) is 19.2 Å². The number of hydrogen-bond donors (Lipinski definition) is 1. The van der Waals surface area contributed by atoms with Gasteiger partial charge in [0, 0.05) is 36.2 Å². The maximum atomic E-state index is 12.5. The highest BCUT2D eigenvalue weighted by Crippen LogP contribution is 2.19. The summed E-state index contributed by atoms with van der Waals surface area (Å²) in [5.41, 5.74) is 4.24. The van der Waals surface area contributed by atoms with Crippen LogP contribution in [0.5, 0.6) is 0 Å². The van der Waals surface area contributed by atoms with Gasteiger partial charge in [-0.1, -0.05) is 13.8 Å². The lowest BCUT2D eigenvalue weighted by Gasteiger charge is -2.16. The summed E-state index contributed by atoms with van der Waals surface area (Å²) in [6.07, 6.45) is -0.171. The van der Waals surface area contributed by atoms with Crippen molar-refractivity contribution in [2.24, 2.45) is 5.92 Å². The Balaban J connectivity index is 2.04. The third kappa shape index (κ3) is 5.09. The number of carbonyl (C=O) groups excluding carboxylic acids is 2. The molecule has 0 atom stereocenters. The Kier molecular flexibility index (Phi) is 6.60. The monoisotopic (exact) mass is 372 g/mol. The van der Waals surface area contributed by atoms with Crippen molar-refractivity contribution in [2.75, 3.05) is 24.4 Å². The summed E-state index contributed by atoms with van der Waals surface area (Å²) < 4.78 is 6.66. The first-order valence-corrected chi connectivity index (χ1v) is 8.97. The van der Waals surface area contributed by atoms with Crippen molar-refractivity contribution in [3.05, 3.63) is 41.2 Å². The standard InChI is InChI=1S/C20H28N4O3/c1-13(2)12-24-15(4)18(14(3)22-24)11-19(25)21-16-7-9-17(10-8-16)23(5)20(26)27-6/h7-10,13H,11-12H2,1-6H3,(H,21,25). The number of benzene rings is 1. The van der Waals surface area contributed by atoms with Crippen LogP contribution in [0.15, 0.2) is 24.3 Å². The first-order chi connectivity index (χ1) is 12.7. The summed E-state index contributed by atoms with van der Waals surface area (Å²) in [6.45, 7) is 9.06. The molecule has 1 N–H and O–H groups in total. The number of carbonyl (C=O) groups is 2. The molecule has 0 unspecified atom stereocenters. The summed E-state index contributed by atoms with van der Waals surface area (Å²) in [5.74, 6) is 0.394. The SMILES string of the molecule is COC(=O)N(C)c1ccc(NC(=O)Cc2c(C)nn(CC(C)C)c2C)cc1. The minimum atomic E-state index is -0.448. The molecule has 2 rings (SSSR count). The molecule has 0 saturated carbocycles. The Morgan fingerprint density at radius 3 is 2.41 bits per heavy atom. The van der Waals surface area contributed by atoms with Gasteiger partial charge in [0.2, 0.25) is 5.91 Å². The first-order valence-electron chi connectivity index (χ1n) is 8.97. The van der Waals surface area contributed by atoms with Crippen molar-refractivity contribution in [1.29, 1.82) is 0 Å². The molecule has 2 aromatic rings. The van der Waals surface area contributed by atoms with Crippen molar-refractivity contribution in [3.8, 4) is 0 Å². The molecule has 1 aromatic carbocycles. The maximum absolute atomic E-state index is 12.5. The van der Waals surface area contributed by atoms with Crippen molar-refractivity contribution in [1.82, 2.24) is 9.78 Å². The molecule has 27 heavy (non-hydrogen) atoms. The number of rotatable bonds is 6. The highest BCUT2D eigenvalue weighted by atomic mass is 16.5. The van der Waals surface area contributed by atoms with E-state index in [9.17, 15) is 9.59 Å². The summed E-state index contributed by atoms with van der Waals surface area (Å²) in [5, 5.41) is 7.45. The number of aryl methyl sites for hydroxylation is 1. The smallest absolute Gasteiger partial charge is 0.413 e. The van der Waals surface area contributed by atoms with Gasteiger partial charge in [0.25, 0.3) is 0 Å². The molecule has 0 aliphatic heterocycles. The van der Waals surface area contributed by atoms with Gasteiger partial charge in [-0.2, -0.15) is 5.10 Å². The van der Waals surface area contributed by atoms with Crippen LogP contribution in [0.1, 0.15) is 30.8 Å². The van der Waals surface area contributed by atoms with E-state index < -0.39 is 6.09 Å². The highest BCUT2D eigenvalue weighted by Gasteiger charge is 2.16. The normalized spacial score (nSPS) is 10.8. The van der Waals surface area contributed by atoms with Crippen LogP contribution < -0.4 is 10.2 Å². The number of aromatic nitrogens is 2. The number of nitrogens with one attached hydrogen (secondary N) is 1. The molecule has 2 amide bonds. The zero-order chi connectivity index (χ0) is 20.1. The molecule has 1 aromatic heterocycles. The van der Waals surface area contributed by atoms with Gasteiger partial charge < -0.3 is 10.1 Å². The van der Waals surface area contributed by atoms with Gasteiger partial charge in [-0.05, 0) is 44.0 Å². The van der Waals surface area contributed by atoms with Gasteiger partial charge in [0.15, 0.2) is 0 Å². The van der Waals surface area contributed by atoms with Crippen molar-refractivity contribution in [3.63, 3.8) is 0 Å². The number of nitrogens with zero attached hydrogens (tertiary/aromatic N) is 3. The van der Waals surface area contributed by atoms with Gasteiger partial charge in [-0.25, -0.2) is 4.79 Å². The van der Waals surface area contributed by atoms with E-state index in [1.165, 1.54) is 12.0 Å². The van der Waals surface area contributed by atoms with Crippen LogP contribution in [0.3, 0.4) is 0 Å². The Bertz CT molecular complexity index is 809. The van der Waals surface area contributed by atoms with Gasteiger partial charge in [-0.3, -0.25) is 14.4 Å². The molecule has 7 heteroatoms. The van der Waals surface area contributed by atoms with E-state index in [-0.39, 0.29) is 12.3 Å². The largest absolute Gasteiger partial charge is 0.452 e. The lowest BCUT2D eigenvalue weighted by Crippen LogP contribution is -2.25. The van der Waals surface area contributed by atoms with Crippen LogP contribution in [0, 0.1) is 19.8 Å². The molecule has 0 radical (unpaired) electrons. The van der Waals surface area contributed by atoms with Crippen molar-refractivity contribution in [2.45, 2.75) is 40.7 Å². The molecule has 0 aliphatic carbocycles. The molecule has 0 spiro atoms.